The second-order valence-corrected chi connectivity index (χ2v) is 2.62. The van der Waals surface area contributed by atoms with Crippen molar-refractivity contribution in [2.24, 2.45) is 5.73 Å². The van der Waals surface area contributed by atoms with Gasteiger partial charge in [-0.1, -0.05) is 18.7 Å². The lowest BCUT2D eigenvalue weighted by molar-refractivity contribution is 1.44. The lowest BCUT2D eigenvalue weighted by Gasteiger charge is -2.04. The third kappa shape index (κ3) is 1.52. The molecule has 0 atom stereocenters. The molecule has 4 N–H and O–H groups in total. The summed E-state index contributed by atoms with van der Waals surface area (Å²) in [4.78, 5) is 0. The number of rotatable bonds is 1. The predicted molar refractivity (Wildman–Crippen MR) is 48.8 cm³/mol. The molecule has 0 saturated carbocycles. The lowest BCUT2D eigenvalue weighted by atomic mass is 10.1. The average Bonchev–Trinajstić information content (AvgIpc) is 1.85. The van der Waals surface area contributed by atoms with Crippen molar-refractivity contribution in [1.29, 1.82) is 0 Å². The van der Waals surface area contributed by atoms with E-state index in [1.54, 1.807) is 0 Å². The maximum atomic E-state index is 5.68. The maximum absolute atomic E-state index is 5.68. The van der Waals surface area contributed by atoms with Crippen LogP contribution in [0.3, 0.4) is 0 Å². The minimum absolute atomic E-state index is 0.516. The highest BCUT2D eigenvalue weighted by molar-refractivity contribution is 5.71. The monoisotopic (exact) mass is 148 g/mol. The molecular formula is C9H12N2. The van der Waals surface area contributed by atoms with Crippen LogP contribution in [0.2, 0.25) is 0 Å². The fourth-order valence-electron chi connectivity index (χ4n) is 0.975. The number of hydrogen-bond acceptors (Lipinski definition) is 2. The van der Waals surface area contributed by atoms with Gasteiger partial charge in [0.15, 0.2) is 0 Å². The molecule has 0 aliphatic carbocycles. The van der Waals surface area contributed by atoms with Crippen molar-refractivity contribution in [3.63, 3.8) is 0 Å². The number of benzene rings is 1. The molecule has 2 heteroatoms. The van der Waals surface area contributed by atoms with Gasteiger partial charge < -0.3 is 11.5 Å². The fourth-order valence-corrected chi connectivity index (χ4v) is 0.975. The first-order valence-corrected chi connectivity index (χ1v) is 3.42. The van der Waals surface area contributed by atoms with Crippen LogP contribution in [0.1, 0.15) is 11.1 Å². The third-order valence-corrected chi connectivity index (χ3v) is 1.55. The zero-order valence-corrected chi connectivity index (χ0v) is 6.59. The molecule has 0 radical (unpaired) electrons. The van der Waals surface area contributed by atoms with Crippen molar-refractivity contribution in [3.8, 4) is 0 Å². The second kappa shape index (κ2) is 2.66. The largest absolute Gasteiger partial charge is 0.399 e. The summed E-state index contributed by atoms with van der Waals surface area (Å²) >= 11 is 0. The molecule has 1 aromatic rings. The number of anilines is 1. The molecule has 0 fully saturated rings. The Morgan fingerprint density at radius 2 is 2.09 bits per heavy atom. The topological polar surface area (TPSA) is 52.0 Å². The highest BCUT2D eigenvalue weighted by Gasteiger charge is 1.98. The van der Waals surface area contributed by atoms with Crippen molar-refractivity contribution in [2.45, 2.75) is 6.92 Å². The van der Waals surface area contributed by atoms with Crippen LogP contribution < -0.4 is 11.5 Å². The number of nitrogen functional groups attached to an aromatic ring is 1. The summed E-state index contributed by atoms with van der Waals surface area (Å²) in [6.07, 6.45) is 0. The van der Waals surface area contributed by atoms with E-state index < -0.39 is 0 Å². The van der Waals surface area contributed by atoms with Gasteiger partial charge in [-0.2, -0.15) is 0 Å². The van der Waals surface area contributed by atoms with Crippen molar-refractivity contribution in [2.75, 3.05) is 5.73 Å². The first kappa shape index (κ1) is 7.66. The van der Waals surface area contributed by atoms with Crippen LogP contribution >= 0.6 is 0 Å². The molecule has 0 unspecified atom stereocenters. The van der Waals surface area contributed by atoms with Crippen molar-refractivity contribution >= 4 is 11.4 Å². The Balaban J connectivity index is 3.20. The van der Waals surface area contributed by atoms with Crippen LogP contribution in [0.25, 0.3) is 5.70 Å². The summed E-state index contributed by atoms with van der Waals surface area (Å²) < 4.78 is 0. The predicted octanol–water partition coefficient (Wildman–Crippen LogP) is 1.51. The first-order valence-electron chi connectivity index (χ1n) is 3.42. The summed E-state index contributed by atoms with van der Waals surface area (Å²) in [5, 5.41) is 0. The molecule has 0 aliphatic rings. The molecule has 0 aromatic heterocycles. The number of nitrogens with two attached hydrogens (primary N) is 2. The number of aryl methyl sites for hydroxylation is 1. The van der Waals surface area contributed by atoms with Gasteiger partial charge in [0.1, 0.15) is 0 Å². The van der Waals surface area contributed by atoms with E-state index in [9.17, 15) is 0 Å². The molecule has 58 valence electrons. The third-order valence-electron chi connectivity index (χ3n) is 1.55. The summed E-state index contributed by atoms with van der Waals surface area (Å²) in [5.74, 6) is 0. The second-order valence-electron chi connectivity index (χ2n) is 2.62. The molecule has 1 aromatic carbocycles. The Morgan fingerprint density at radius 3 is 2.55 bits per heavy atom. The van der Waals surface area contributed by atoms with E-state index in [1.165, 1.54) is 0 Å². The summed E-state index contributed by atoms with van der Waals surface area (Å²) in [7, 11) is 0. The Kier molecular flexibility index (Phi) is 1.85. The quantitative estimate of drug-likeness (QED) is 0.593. The molecular weight excluding hydrogens is 136 g/mol. The van der Waals surface area contributed by atoms with E-state index in [0.29, 0.717) is 11.4 Å². The van der Waals surface area contributed by atoms with Crippen LogP contribution in [0.15, 0.2) is 24.8 Å². The highest BCUT2D eigenvalue weighted by Crippen LogP contribution is 2.17. The van der Waals surface area contributed by atoms with Crippen LogP contribution in [0, 0.1) is 6.92 Å². The molecule has 0 aliphatic heterocycles. The fraction of sp³-hybridized carbons (Fsp3) is 0.111. The van der Waals surface area contributed by atoms with Crippen LogP contribution in [0.5, 0.6) is 0 Å². The summed E-state index contributed by atoms with van der Waals surface area (Å²) in [5.41, 5.74) is 14.3. The van der Waals surface area contributed by atoms with E-state index >= 15 is 0 Å². The molecule has 11 heavy (non-hydrogen) atoms. The van der Waals surface area contributed by atoms with Crippen molar-refractivity contribution in [1.82, 2.24) is 0 Å². The van der Waals surface area contributed by atoms with Gasteiger partial charge in [0, 0.05) is 16.9 Å². The van der Waals surface area contributed by atoms with Gasteiger partial charge in [0.05, 0.1) is 0 Å². The van der Waals surface area contributed by atoms with Gasteiger partial charge in [0.2, 0.25) is 0 Å². The first-order chi connectivity index (χ1) is 5.11. The molecule has 0 saturated heterocycles. The van der Waals surface area contributed by atoms with Gasteiger partial charge >= 0.3 is 0 Å². The van der Waals surface area contributed by atoms with Crippen LogP contribution in [0.4, 0.5) is 5.69 Å². The molecule has 0 heterocycles. The zero-order valence-electron chi connectivity index (χ0n) is 6.59. The van der Waals surface area contributed by atoms with E-state index in [1.807, 2.05) is 25.1 Å². The Labute approximate surface area is 66.5 Å². The van der Waals surface area contributed by atoms with Crippen LogP contribution in [-0.4, -0.2) is 0 Å². The zero-order chi connectivity index (χ0) is 8.43. The highest BCUT2D eigenvalue weighted by atomic mass is 14.6. The van der Waals surface area contributed by atoms with Gasteiger partial charge in [-0.05, 0) is 18.6 Å². The lowest BCUT2D eigenvalue weighted by Crippen LogP contribution is -1.99. The van der Waals surface area contributed by atoms with E-state index in [4.69, 9.17) is 11.5 Å². The maximum Gasteiger partial charge on any atom is 0.0410 e. The minimum atomic E-state index is 0.516. The van der Waals surface area contributed by atoms with Gasteiger partial charge in [-0.15, -0.1) is 0 Å². The average molecular weight is 148 g/mol. The molecule has 2 nitrogen and oxygen atoms in total. The standard InChI is InChI=1S/C9H12N2/c1-6-3-4-8(7(2)10)9(11)5-6/h3-5H,2,10-11H2,1H3. The van der Waals surface area contributed by atoms with Crippen molar-refractivity contribution in [3.05, 3.63) is 35.9 Å². The SMILES string of the molecule is C=C(N)c1ccc(C)cc1N. The van der Waals surface area contributed by atoms with E-state index in [-0.39, 0.29) is 0 Å². The van der Waals surface area contributed by atoms with E-state index in [0.717, 1.165) is 11.1 Å². The normalized spacial score (nSPS) is 9.55. The van der Waals surface area contributed by atoms with Gasteiger partial charge in [0.25, 0.3) is 0 Å². The Morgan fingerprint density at radius 1 is 1.45 bits per heavy atom. The molecule has 0 spiro atoms. The summed E-state index contributed by atoms with van der Waals surface area (Å²) in [6, 6.07) is 5.73. The van der Waals surface area contributed by atoms with Crippen LogP contribution in [-0.2, 0) is 0 Å². The number of hydrogen-bond donors (Lipinski definition) is 2. The molecule has 1 rings (SSSR count). The van der Waals surface area contributed by atoms with Crippen molar-refractivity contribution < 1.29 is 0 Å². The van der Waals surface area contributed by atoms with Gasteiger partial charge in [-0.25, -0.2) is 0 Å². The van der Waals surface area contributed by atoms with Gasteiger partial charge in [-0.3, -0.25) is 0 Å². The molecule has 0 bridgehead atoms. The Bertz CT molecular complexity index is 290. The smallest absolute Gasteiger partial charge is 0.0410 e. The molecule has 0 amide bonds. The summed E-state index contributed by atoms with van der Waals surface area (Å²) in [6.45, 7) is 5.60. The Hall–Kier alpha value is -1.44. The van der Waals surface area contributed by atoms with E-state index in [2.05, 4.69) is 6.58 Å². The minimum Gasteiger partial charge on any atom is -0.399 e.